The first-order chi connectivity index (χ1) is 13.7. The average molecular weight is 378 g/mol. The fourth-order valence-electron chi connectivity index (χ4n) is 2.64. The van der Waals surface area contributed by atoms with Gasteiger partial charge in [-0.1, -0.05) is 24.3 Å². The lowest BCUT2D eigenvalue weighted by Gasteiger charge is -2.10. The van der Waals surface area contributed by atoms with E-state index in [0.29, 0.717) is 29.5 Å². The number of anilines is 2. The van der Waals surface area contributed by atoms with E-state index in [9.17, 15) is 4.79 Å². The number of hydrogen-bond donors (Lipinski definition) is 2. The number of rotatable bonds is 8. The van der Waals surface area contributed by atoms with Crippen molar-refractivity contribution in [2.24, 2.45) is 0 Å². The average Bonchev–Trinajstić information content (AvgIpc) is 2.74. The first-order valence-electron chi connectivity index (χ1n) is 8.84. The van der Waals surface area contributed by atoms with Gasteiger partial charge in [-0.25, -0.2) is 0 Å². The second kappa shape index (κ2) is 9.36. The molecular formula is C21H22N4O3. The molecule has 1 amide bonds. The van der Waals surface area contributed by atoms with E-state index in [1.165, 1.54) is 0 Å². The third kappa shape index (κ3) is 4.97. The first kappa shape index (κ1) is 19.2. The highest BCUT2D eigenvalue weighted by Crippen LogP contribution is 2.27. The predicted molar refractivity (Wildman–Crippen MR) is 108 cm³/mol. The quantitative estimate of drug-likeness (QED) is 0.625. The second-order valence-corrected chi connectivity index (χ2v) is 5.99. The van der Waals surface area contributed by atoms with Gasteiger partial charge in [0.15, 0.2) is 17.2 Å². The molecule has 0 spiro atoms. The Balaban J connectivity index is 1.52. The van der Waals surface area contributed by atoms with Crippen LogP contribution in [0.4, 0.5) is 11.5 Å². The molecule has 7 nitrogen and oxygen atoms in total. The number of carbonyl (C=O) groups excluding carboxylic acids is 1. The Hall–Kier alpha value is -3.61. The van der Waals surface area contributed by atoms with Crippen LogP contribution in [-0.2, 0) is 6.42 Å². The molecule has 3 rings (SSSR count). The van der Waals surface area contributed by atoms with Gasteiger partial charge in [0, 0.05) is 12.2 Å². The van der Waals surface area contributed by atoms with Crippen LogP contribution in [0.3, 0.4) is 0 Å². The van der Waals surface area contributed by atoms with Crippen molar-refractivity contribution in [3.63, 3.8) is 0 Å². The molecule has 1 heterocycles. The molecule has 28 heavy (non-hydrogen) atoms. The summed E-state index contributed by atoms with van der Waals surface area (Å²) in [6.45, 7) is 0.666. The molecule has 1 aromatic heterocycles. The van der Waals surface area contributed by atoms with Crippen molar-refractivity contribution < 1.29 is 14.3 Å². The minimum Gasteiger partial charge on any atom is -0.493 e. The maximum atomic E-state index is 12.2. The third-order valence-electron chi connectivity index (χ3n) is 4.10. The Morgan fingerprint density at radius 2 is 1.71 bits per heavy atom. The van der Waals surface area contributed by atoms with Crippen LogP contribution in [0, 0.1) is 0 Å². The Labute approximate surface area is 163 Å². The highest BCUT2D eigenvalue weighted by molar-refractivity contribution is 6.02. The number of nitrogens with one attached hydrogen (secondary N) is 2. The molecular weight excluding hydrogens is 356 g/mol. The van der Waals surface area contributed by atoms with Crippen LogP contribution in [0.1, 0.15) is 16.1 Å². The molecule has 0 radical (unpaired) electrons. The summed E-state index contributed by atoms with van der Waals surface area (Å²) in [4.78, 5) is 12.2. The van der Waals surface area contributed by atoms with E-state index in [4.69, 9.17) is 9.47 Å². The van der Waals surface area contributed by atoms with E-state index in [0.717, 1.165) is 12.0 Å². The highest BCUT2D eigenvalue weighted by Gasteiger charge is 2.09. The molecule has 2 N–H and O–H groups in total. The lowest BCUT2D eigenvalue weighted by Crippen LogP contribution is -2.15. The molecule has 3 aromatic rings. The minimum absolute atomic E-state index is 0.259. The molecule has 0 saturated carbocycles. The molecule has 0 aliphatic heterocycles. The van der Waals surface area contributed by atoms with Gasteiger partial charge in [-0.3, -0.25) is 4.79 Å². The standard InChI is InChI=1S/C21H22N4O3/c1-27-18-10-8-15(14-19(18)28-2)12-13-22-20-11-9-17(24-25-20)21(26)23-16-6-4-3-5-7-16/h3-11,14H,12-13H2,1-2H3,(H,22,25)(H,23,26). The van der Waals surface area contributed by atoms with E-state index in [1.54, 1.807) is 26.4 Å². The molecule has 0 saturated heterocycles. The van der Waals surface area contributed by atoms with Gasteiger partial charge in [0.1, 0.15) is 5.82 Å². The maximum Gasteiger partial charge on any atom is 0.276 e. The first-order valence-corrected chi connectivity index (χ1v) is 8.84. The van der Waals surface area contributed by atoms with Crippen LogP contribution in [0.15, 0.2) is 60.7 Å². The Morgan fingerprint density at radius 1 is 0.929 bits per heavy atom. The van der Waals surface area contributed by atoms with Gasteiger partial charge < -0.3 is 20.1 Å². The van der Waals surface area contributed by atoms with Crippen LogP contribution in [0.5, 0.6) is 11.5 Å². The predicted octanol–water partition coefficient (Wildman–Crippen LogP) is 3.40. The second-order valence-electron chi connectivity index (χ2n) is 5.99. The zero-order valence-corrected chi connectivity index (χ0v) is 15.8. The monoisotopic (exact) mass is 378 g/mol. The topological polar surface area (TPSA) is 85.4 Å². The van der Waals surface area contributed by atoms with Crippen molar-refractivity contribution in [2.75, 3.05) is 31.4 Å². The Morgan fingerprint density at radius 3 is 2.39 bits per heavy atom. The van der Waals surface area contributed by atoms with E-state index < -0.39 is 0 Å². The van der Waals surface area contributed by atoms with Gasteiger partial charge in [-0.15, -0.1) is 10.2 Å². The number of ether oxygens (including phenoxy) is 2. The summed E-state index contributed by atoms with van der Waals surface area (Å²) in [5.41, 5.74) is 2.08. The van der Waals surface area contributed by atoms with Crippen molar-refractivity contribution in [1.29, 1.82) is 0 Å². The van der Waals surface area contributed by atoms with Crippen molar-refractivity contribution >= 4 is 17.4 Å². The van der Waals surface area contributed by atoms with Gasteiger partial charge in [0.2, 0.25) is 0 Å². The largest absolute Gasteiger partial charge is 0.493 e. The zero-order chi connectivity index (χ0) is 19.8. The highest BCUT2D eigenvalue weighted by atomic mass is 16.5. The van der Waals surface area contributed by atoms with Crippen molar-refractivity contribution in [1.82, 2.24) is 10.2 Å². The SMILES string of the molecule is COc1ccc(CCNc2ccc(C(=O)Nc3ccccc3)nn2)cc1OC. The minimum atomic E-state index is -0.296. The number of carbonyl (C=O) groups is 1. The molecule has 0 atom stereocenters. The fourth-order valence-corrected chi connectivity index (χ4v) is 2.64. The van der Waals surface area contributed by atoms with Crippen LogP contribution in [0.2, 0.25) is 0 Å². The number of methoxy groups -OCH3 is 2. The summed E-state index contributed by atoms with van der Waals surface area (Å²) in [7, 11) is 3.23. The Bertz CT molecular complexity index is 915. The van der Waals surface area contributed by atoms with Crippen LogP contribution in [-0.4, -0.2) is 36.9 Å². The normalized spacial score (nSPS) is 10.2. The van der Waals surface area contributed by atoms with Gasteiger partial charge >= 0.3 is 0 Å². The third-order valence-corrected chi connectivity index (χ3v) is 4.10. The number of nitrogens with zero attached hydrogens (tertiary/aromatic N) is 2. The lowest BCUT2D eigenvalue weighted by molar-refractivity contribution is 0.102. The summed E-state index contributed by atoms with van der Waals surface area (Å²) >= 11 is 0. The molecule has 0 bridgehead atoms. The smallest absolute Gasteiger partial charge is 0.276 e. The maximum absolute atomic E-state index is 12.2. The van der Waals surface area contributed by atoms with Crippen LogP contribution < -0.4 is 20.1 Å². The number of para-hydroxylation sites is 1. The van der Waals surface area contributed by atoms with E-state index in [-0.39, 0.29) is 11.6 Å². The summed E-state index contributed by atoms with van der Waals surface area (Å²) in [6.07, 6.45) is 0.776. The van der Waals surface area contributed by atoms with Gasteiger partial charge in [-0.2, -0.15) is 0 Å². The molecule has 2 aromatic carbocycles. The summed E-state index contributed by atoms with van der Waals surface area (Å²) in [6, 6.07) is 18.4. The lowest BCUT2D eigenvalue weighted by atomic mass is 10.1. The van der Waals surface area contributed by atoms with Gasteiger partial charge in [-0.05, 0) is 48.4 Å². The van der Waals surface area contributed by atoms with Gasteiger partial charge in [0.25, 0.3) is 5.91 Å². The molecule has 0 aliphatic rings. The molecule has 144 valence electrons. The number of amides is 1. The van der Waals surface area contributed by atoms with E-state index in [2.05, 4.69) is 20.8 Å². The number of hydrogen-bond acceptors (Lipinski definition) is 6. The Kier molecular flexibility index (Phi) is 6.41. The fraction of sp³-hybridized carbons (Fsp3) is 0.190. The van der Waals surface area contributed by atoms with Crippen LogP contribution in [0.25, 0.3) is 0 Å². The van der Waals surface area contributed by atoms with Crippen LogP contribution >= 0.6 is 0 Å². The van der Waals surface area contributed by atoms with Crippen molar-refractivity contribution in [3.8, 4) is 11.5 Å². The molecule has 7 heteroatoms. The molecule has 0 aliphatic carbocycles. The van der Waals surface area contributed by atoms with E-state index in [1.807, 2.05) is 48.5 Å². The van der Waals surface area contributed by atoms with Gasteiger partial charge in [0.05, 0.1) is 14.2 Å². The summed E-state index contributed by atoms with van der Waals surface area (Å²) in [5.74, 6) is 1.72. The van der Waals surface area contributed by atoms with Crippen molar-refractivity contribution in [3.05, 3.63) is 71.9 Å². The zero-order valence-electron chi connectivity index (χ0n) is 15.8. The summed E-state index contributed by atoms with van der Waals surface area (Å²) < 4.78 is 10.6. The number of aromatic nitrogens is 2. The molecule has 0 unspecified atom stereocenters. The molecule has 0 fully saturated rings. The number of benzene rings is 2. The van der Waals surface area contributed by atoms with Crippen molar-refractivity contribution in [2.45, 2.75) is 6.42 Å². The van der Waals surface area contributed by atoms with E-state index >= 15 is 0 Å². The summed E-state index contributed by atoms with van der Waals surface area (Å²) in [5, 5.41) is 14.0.